The molecule has 0 fully saturated rings. The van der Waals surface area contributed by atoms with Crippen LogP contribution in [-0.4, -0.2) is 11.0 Å². The molecule has 0 aliphatic rings. The van der Waals surface area contributed by atoms with E-state index >= 15 is 0 Å². The molecule has 70 valence electrons. The maximum absolute atomic E-state index is 10.9. The summed E-state index contributed by atoms with van der Waals surface area (Å²) in [6, 6.07) is 0. The molecule has 0 atom stereocenters. The van der Waals surface area contributed by atoms with Crippen molar-refractivity contribution >= 4 is 40.2 Å². The minimum atomic E-state index is -0.428. The third-order valence-corrected chi connectivity index (χ3v) is 2.82. The molecule has 0 aromatic rings. The van der Waals surface area contributed by atoms with E-state index in [2.05, 4.69) is 0 Å². The van der Waals surface area contributed by atoms with E-state index in [0.717, 1.165) is 12.2 Å². The normalized spacial score (nSPS) is 12.7. The molecule has 0 saturated heterocycles. The second-order valence-corrected chi connectivity index (χ2v) is 4.43. The lowest BCUT2D eigenvalue weighted by atomic mass is 10.2. The quantitative estimate of drug-likeness (QED) is 0.525. The second-order valence-electron chi connectivity index (χ2n) is 2.21. The van der Waals surface area contributed by atoms with Crippen LogP contribution in [0.5, 0.6) is 0 Å². The van der Waals surface area contributed by atoms with E-state index in [1.54, 1.807) is 0 Å². The summed E-state index contributed by atoms with van der Waals surface area (Å²) in [5.41, 5.74) is 0.549. The summed E-state index contributed by atoms with van der Waals surface area (Å²) in [4.78, 5) is 10.9. The summed E-state index contributed by atoms with van der Waals surface area (Å²) >= 11 is 12.7. The van der Waals surface area contributed by atoms with Gasteiger partial charge in [0.2, 0.25) is 5.24 Å². The van der Waals surface area contributed by atoms with Crippen molar-refractivity contribution in [2.24, 2.45) is 0 Å². The minimum absolute atomic E-state index is 0.428. The van der Waals surface area contributed by atoms with Crippen LogP contribution in [0.3, 0.4) is 0 Å². The highest BCUT2D eigenvalue weighted by Crippen LogP contribution is 2.27. The summed E-state index contributed by atoms with van der Waals surface area (Å²) in [7, 11) is 0. The average molecular weight is 227 g/mol. The van der Waals surface area contributed by atoms with E-state index in [-0.39, 0.29) is 0 Å². The molecule has 0 bridgehead atoms. The molecular weight excluding hydrogens is 215 g/mol. The Labute approximate surface area is 87.5 Å². The molecule has 0 rings (SSSR count). The maximum Gasteiger partial charge on any atom is 0.250 e. The first-order chi connectivity index (χ1) is 5.63. The maximum atomic E-state index is 10.9. The zero-order chi connectivity index (χ0) is 9.56. The molecular formula is C8H12Cl2OS. The van der Waals surface area contributed by atoms with E-state index in [1.165, 1.54) is 11.8 Å². The third kappa shape index (κ3) is 4.39. The van der Waals surface area contributed by atoms with E-state index in [1.807, 2.05) is 13.8 Å². The van der Waals surface area contributed by atoms with Gasteiger partial charge in [-0.3, -0.25) is 4.79 Å². The van der Waals surface area contributed by atoms with E-state index in [9.17, 15) is 4.79 Å². The van der Waals surface area contributed by atoms with Crippen molar-refractivity contribution in [1.29, 1.82) is 0 Å². The Balaban J connectivity index is 4.43. The lowest BCUT2D eigenvalue weighted by Gasteiger charge is -2.02. The number of hydrogen-bond donors (Lipinski definition) is 0. The van der Waals surface area contributed by atoms with Gasteiger partial charge in [-0.15, -0.1) is 11.8 Å². The molecule has 0 N–H and O–H groups in total. The van der Waals surface area contributed by atoms with Crippen LogP contribution in [0.1, 0.15) is 26.7 Å². The molecule has 0 aromatic heterocycles. The minimum Gasteiger partial charge on any atom is -0.276 e. The van der Waals surface area contributed by atoms with Crippen LogP contribution >= 0.6 is 35.0 Å². The van der Waals surface area contributed by atoms with E-state index in [0.29, 0.717) is 16.4 Å². The molecule has 0 radical (unpaired) electrons. The van der Waals surface area contributed by atoms with Crippen LogP contribution < -0.4 is 0 Å². The van der Waals surface area contributed by atoms with E-state index in [4.69, 9.17) is 23.2 Å². The van der Waals surface area contributed by atoms with Gasteiger partial charge in [0, 0.05) is 5.57 Å². The van der Waals surface area contributed by atoms with Crippen LogP contribution in [-0.2, 0) is 4.79 Å². The van der Waals surface area contributed by atoms with Gasteiger partial charge in [-0.25, -0.2) is 0 Å². The third-order valence-electron chi connectivity index (χ3n) is 1.25. The highest BCUT2D eigenvalue weighted by Gasteiger charge is 2.10. The Kier molecular flexibility index (Phi) is 7.01. The molecule has 1 nitrogen and oxygen atoms in total. The monoisotopic (exact) mass is 226 g/mol. The van der Waals surface area contributed by atoms with Gasteiger partial charge in [0.15, 0.2) is 0 Å². The first kappa shape index (κ1) is 12.3. The van der Waals surface area contributed by atoms with Crippen molar-refractivity contribution in [2.45, 2.75) is 26.7 Å². The SMILES string of the molecule is CCC/C(C(=O)Cl)=C(/Cl)SCC. The number of carbonyl (C=O) groups is 1. The highest BCUT2D eigenvalue weighted by molar-refractivity contribution is 8.04. The van der Waals surface area contributed by atoms with Gasteiger partial charge < -0.3 is 0 Å². The smallest absolute Gasteiger partial charge is 0.250 e. The number of thioether (sulfide) groups is 1. The Morgan fingerprint density at radius 1 is 1.33 bits per heavy atom. The van der Waals surface area contributed by atoms with Gasteiger partial charge in [0.25, 0.3) is 0 Å². The fourth-order valence-electron chi connectivity index (χ4n) is 0.738. The summed E-state index contributed by atoms with van der Waals surface area (Å²) < 4.78 is 0.541. The van der Waals surface area contributed by atoms with Crippen molar-refractivity contribution in [2.75, 3.05) is 5.75 Å². The largest absolute Gasteiger partial charge is 0.276 e. The Morgan fingerprint density at radius 2 is 1.92 bits per heavy atom. The fraction of sp³-hybridized carbons (Fsp3) is 0.625. The van der Waals surface area contributed by atoms with Crippen LogP contribution in [0.25, 0.3) is 0 Å². The van der Waals surface area contributed by atoms with Gasteiger partial charge >= 0.3 is 0 Å². The summed E-state index contributed by atoms with van der Waals surface area (Å²) in [6.07, 6.45) is 1.54. The van der Waals surface area contributed by atoms with Crippen molar-refractivity contribution < 1.29 is 4.79 Å². The topological polar surface area (TPSA) is 17.1 Å². The molecule has 4 heteroatoms. The Morgan fingerprint density at radius 3 is 2.25 bits per heavy atom. The van der Waals surface area contributed by atoms with Gasteiger partial charge in [0.05, 0.1) is 4.36 Å². The van der Waals surface area contributed by atoms with Gasteiger partial charge in [0.1, 0.15) is 0 Å². The number of hydrogen-bond acceptors (Lipinski definition) is 2. The molecule has 0 aliphatic heterocycles. The Bertz CT molecular complexity index is 189. The van der Waals surface area contributed by atoms with Crippen molar-refractivity contribution in [1.82, 2.24) is 0 Å². The molecule has 0 saturated carbocycles. The van der Waals surface area contributed by atoms with Crippen LogP contribution in [0.2, 0.25) is 0 Å². The summed E-state index contributed by atoms with van der Waals surface area (Å²) in [5, 5.41) is -0.428. The number of allylic oxidation sites excluding steroid dienone is 1. The van der Waals surface area contributed by atoms with Crippen molar-refractivity contribution in [3.8, 4) is 0 Å². The molecule has 0 amide bonds. The summed E-state index contributed by atoms with van der Waals surface area (Å²) in [5.74, 6) is 0.857. The lowest BCUT2D eigenvalue weighted by molar-refractivity contribution is -0.108. The molecule has 0 aliphatic carbocycles. The van der Waals surface area contributed by atoms with Gasteiger partial charge in [-0.2, -0.15) is 0 Å². The molecule has 0 unspecified atom stereocenters. The standard InChI is InChI=1S/C8H12Cl2OS/c1-3-5-6(7(9)11)8(10)12-4-2/h3-5H2,1-2H3/b8-6+. The lowest BCUT2D eigenvalue weighted by Crippen LogP contribution is -1.94. The summed E-state index contributed by atoms with van der Waals surface area (Å²) in [6.45, 7) is 3.97. The van der Waals surface area contributed by atoms with Crippen molar-refractivity contribution in [3.63, 3.8) is 0 Å². The second kappa shape index (κ2) is 6.81. The molecule has 0 spiro atoms. The zero-order valence-corrected chi connectivity index (χ0v) is 9.52. The highest BCUT2D eigenvalue weighted by atomic mass is 35.5. The zero-order valence-electron chi connectivity index (χ0n) is 7.19. The molecule has 0 heterocycles. The fourth-order valence-corrected chi connectivity index (χ4v) is 2.16. The van der Waals surface area contributed by atoms with Gasteiger partial charge in [-0.1, -0.05) is 31.9 Å². The number of rotatable bonds is 5. The Hall–Kier alpha value is 0.340. The first-order valence-corrected chi connectivity index (χ1v) is 5.58. The van der Waals surface area contributed by atoms with Crippen LogP contribution in [0.4, 0.5) is 0 Å². The molecule has 12 heavy (non-hydrogen) atoms. The van der Waals surface area contributed by atoms with Crippen LogP contribution in [0.15, 0.2) is 9.94 Å². The average Bonchev–Trinajstić information content (AvgIpc) is 1.99. The van der Waals surface area contributed by atoms with Crippen LogP contribution in [0, 0.1) is 0 Å². The predicted molar refractivity (Wildman–Crippen MR) is 56.8 cm³/mol. The van der Waals surface area contributed by atoms with Crippen molar-refractivity contribution in [3.05, 3.63) is 9.94 Å². The molecule has 0 aromatic carbocycles. The predicted octanol–water partition coefficient (Wildman–Crippen LogP) is 3.76. The van der Waals surface area contributed by atoms with Gasteiger partial charge in [-0.05, 0) is 23.8 Å². The first-order valence-electron chi connectivity index (χ1n) is 3.84. The number of carbonyl (C=O) groups excluding carboxylic acids is 1. The van der Waals surface area contributed by atoms with E-state index < -0.39 is 5.24 Å². The number of halogens is 2.